The van der Waals surface area contributed by atoms with Gasteiger partial charge in [0.05, 0.1) is 18.9 Å². The van der Waals surface area contributed by atoms with Gasteiger partial charge in [0.1, 0.15) is 17.3 Å². The molecule has 1 N–H and O–H groups in total. The van der Waals surface area contributed by atoms with E-state index in [0.717, 1.165) is 49.2 Å². The first-order valence-corrected chi connectivity index (χ1v) is 10.2. The molecule has 6 nitrogen and oxygen atoms in total. The normalized spacial score (nSPS) is 14.2. The molecule has 8 heteroatoms. The van der Waals surface area contributed by atoms with Crippen LogP contribution in [0.1, 0.15) is 0 Å². The van der Waals surface area contributed by atoms with E-state index >= 15 is 0 Å². The van der Waals surface area contributed by atoms with Crippen molar-refractivity contribution in [3.63, 3.8) is 0 Å². The Hall–Kier alpha value is -2.58. The third-order valence-corrected chi connectivity index (χ3v) is 6.00. The minimum absolute atomic E-state index is 0.707. The number of methoxy groups -OCH3 is 2. The lowest BCUT2D eigenvalue weighted by atomic mass is 10.2. The monoisotopic (exact) mass is 414 g/mol. The molecule has 1 fully saturated rings. The molecule has 0 saturated carbocycles. The first-order chi connectivity index (χ1) is 13.7. The van der Waals surface area contributed by atoms with Crippen LogP contribution in [0.3, 0.4) is 0 Å². The summed E-state index contributed by atoms with van der Waals surface area (Å²) < 4.78 is 16.5. The second kappa shape index (κ2) is 8.20. The van der Waals surface area contributed by atoms with E-state index in [-0.39, 0.29) is 0 Å². The van der Waals surface area contributed by atoms with Gasteiger partial charge >= 0.3 is 0 Å². The molecule has 0 amide bonds. The fraction of sp³-hybridized carbons (Fsp3) is 0.300. The van der Waals surface area contributed by atoms with Crippen molar-refractivity contribution in [1.82, 2.24) is 9.27 Å². The van der Waals surface area contributed by atoms with Crippen LogP contribution in [0.2, 0.25) is 0 Å². The highest BCUT2D eigenvalue weighted by atomic mass is 32.1. The summed E-state index contributed by atoms with van der Waals surface area (Å²) in [4.78, 5) is 4.53. The van der Waals surface area contributed by atoms with Gasteiger partial charge in [-0.25, -0.2) is 0 Å². The second-order valence-corrected chi connectivity index (χ2v) is 7.70. The maximum atomic E-state index is 5.63. The van der Waals surface area contributed by atoms with Gasteiger partial charge in [0.15, 0.2) is 5.11 Å². The number of nitrogens with one attached hydrogen (secondary N) is 1. The molecule has 1 aliphatic heterocycles. The molecule has 146 valence electrons. The smallest absolute Gasteiger partial charge is 0.173 e. The zero-order valence-electron chi connectivity index (χ0n) is 15.8. The van der Waals surface area contributed by atoms with Gasteiger partial charge in [0.2, 0.25) is 0 Å². The summed E-state index contributed by atoms with van der Waals surface area (Å²) in [7, 11) is 3.27. The van der Waals surface area contributed by atoms with Crippen LogP contribution in [0.25, 0.3) is 10.1 Å². The van der Waals surface area contributed by atoms with Crippen molar-refractivity contribution in [2.24, 2.45) is 0 Å². The molecule has 4 rings (SSSR count). The van der Waals surface area contributed by atoms with Crippen LogP contribution < -0.4 is 19.7 Å². The van der Waals surface area contributed by atoms with Gasteiger partial charge in [-0.2, -0.15) is 4.37 Å². The van der Waals surface area contributed by atoms with E-state index in [1.807, 2.05) is 18.2 Å². The van der Waals surface area contributed by atoms with Crippen molar-refractivity contribution in [2.45, 2.75) is 0 Å². The van der Waals surface area contributed by atoms with E-state index in [1.165, 1.54) is 10.1 Å². The lowest BCUT2D eigenvalue weighted by Gasteiger charge is -2.36. The van der Waals surface area contributed by atoms with Crippen LogP contribution in [0, 0.1) is 0 Å². The quantitative estimate of drug-likeness (QED) is 0.651. The molecule has 0 radical (unpaired) electrons. The van der Waals surface area contributed by atoms with Crippen LogP contribution in [0.4, 0.5) is 11.5 Å². The molecule has 0 unspecified atom stereocenters. The molecule has 1 aliphatic rings. The van der Waals surface area contributed by atoms with Crippen LogP contribution in [0.5, 0.6) is 11.5 Å². The Morgan fingerprint density at radius 3 is 2.39 bits per heavy atom. The van der Waals surface area contributed by atoms with E-state index in [2.05, 4.69) is 43.8 Å². The number of nitrogens with zero attached hydrogens (tertiary/aromatic N) is 3. The van der Waals surface area contributed by atoms with Crippen LogP contribution >= 0.6 is 23.8 Å². The van der Waals surface area contributed by atoms with Gasteiger partial charge < -0.3 is 24.6 Å². The topological polar surface area (TPSA) is 49.9 Å². The van der Waals surface area contributed by atoms with Gasteiger partial charge in [0, 0.05) is 55.5 Å². The van der Waals surface area contributed by atoms with Crippen LogP contribution in [-0.4, -0.2) is 54.8 Å². The molecule has 0 aliphatic carbocycles. The molecule has 0 atom stereocenters. The maximum Gasteiger partial charge on any atom is 0.173 e. The highest BCUT2D eigenvalue weighted by molar-refractivity contribution is 7.80. The first kappa shape index (κ1) is 18.8. The lowest BCUT2D eigenvalue weighted by molar-refractivity contribution is 0.389. The Morgan fingerprint density at radius 1 is 1.04 bits per heavy atom. The molecule has 1 aromatic heterocycles. The molecule has 0 spiro atoms. The molecule has 2 aromatic carbocycles. The fourth-order valence-electron chi connectivity index (χ4n) is 3.30. The Labute approximate surface area is 173 Å². The fourth-order valence-corrected chi connectivity index (χ4v) is 4.40. The molecule has 28 heavy (non-hydrogen) atoms. The van der Waals surface area contributed by atoms with Crippen molar-refractivity contribution in [2.75, 3.05) is 50.6 Å². The predicted molar refractivity (Wildman–Crippen MR) is 119 cm³/mol. The summed E-state index contributed by atoms with van der Waals surface area (Å²) in [6, 6.07) is 14.0. The van der Waals surface area contributed by atoms with Crippen molar-refractivity contribution >= 4 is 50.5 Å². The van der Waals surface area contributed by atoms with Gasteiger partial charge in [-0.1, -0.05) is 12.1 Å². The number of aromatic nitrogens is 1. The number of fused-ring (bicyclic) bond motifs is 1. The van der Waals surface area contributed by atoms with Crippen molar-refractivity contribution in [1.29, 1.82) is 0 Å². The van der Waals surface area contributed by atoms with Crippen molar-refractivity contribution in [3.8, 4) is 11.5 Å². The third-order valence-electron chi connectivity index (χ3n) is 4.83. The maximum absolute atomic E-state index is 5.63. The van der Waals surface area contributed by atoms with Crippen LogP contribution in [0.15, 0.2) is 42.5 Å². The minimum Gasteiger partial charge on any atom is -0.497 e. The van der Waals surface area contributed by atoms with Gasteiger partial charge in [-0.3, -0.25) is 0 Å². The minimum atomic E-state index is 0.707. The molecular weight excluding hydrogens is 392 g/mol. The van der Waals surface area contributed by atoms with Crippen LogP contribution in [-0.2, 0) is 0 Å². The van der Waals surface area contributed by atoms with E-state index in [0.29, 0.717) is 5.11 Å². The average molecular weight is 415 g/mol. The summed E-state index contributed by atoms with van der Waals surface area (Å²) in [5.74, 6) is 2.53. The number of hydrogen-bond donors (Lipinski definition) is 1. The van der Waals surface area contributed by atoms with Crippen molar-refractivity contribution < 1.29 is 9.47 Å². The molecule has 0 bridgehead atoms. The lowest BCUT2D eigenvalue weighted by Crippen LogP contribution is -2.50. The zero-order valence-corrected chi connectivity index (χ0v) is 17.5. The Balaban J connectivity index is 1.40. The average Bonchev–Trinajstić information content (AvgIpc) is 3.17. The zero-order chi connectivity index (χ0) is 19.5. The highest BCUT2D eigenvalue weighted by Crippen LogP contribution is 2.30. The standard InChI is InChI=1S/C20H22N4O2S2/c1-25-15-11-14(12-16(13-15)26-2)21-20(27)24-9-7-23(8-10-24)19-17-5-3-4-6-18(17)28-22-19/h3-6,11-13H,7-10H2,1-2H3,(H,21,27). The Kier molecular flexibility index (Phi) is 5.50. The van der Waals surface area contributed by atoms with E-state index in [4.69, 9.17) is 21.7 Å². The summed E-state index contributed by atoms with van der Waals surface area (Å²) in [6.45, 7) is 3.46. The number of hydrogen-bond acceptors (Lipinski definition) is 6. The van der Waals surface area contributed by atoms with Crippen molar-refractivity contribution in [3.05, 3.63) is 42.5 Å². The number of anilines is 2. The molecule has 1 saturated heterocycles. The largest absolute Gasteiger partial charge is 0.497 e. The summed E-state index contributed by atoms with van der Waals surface area (Å²) in [5.41, 5.74) is 0.856. The highest BCUT2D eigenvalue weighted by Gasteiger charge is 2.22. The summed E-state index contributed by atoms with van der Waals surface area (Å²) >= 11 is 7.19. The predicted octanol–water partition coefficient (Wildman–Crippen LogP) is 3.83. The van der Waals surface area contributed by atoms with E-state index in [9.17, 15) is 0 Å². The summed E-state index contributed by atoms with van der Waals surface area (Å²) in [5, 5.41) is 5.24. The van der Waals surface area contributed by atoms with Gasteiger partial charge in [0.25, 0.3) is 0 Å². The molecule has 3 aromatic rings. The summed E-state index contributed by atoms with van der Waals surface area (Å²) in [6.07, 6.45) is 0. The van der Waals surface area contributed by atoms with E-state index in [1.54, 1.807) is 25.8 Å². The number of piperazine rings is 1. The third kappa shape index (κ3) is 3.83. The SMILES string of the molecule is COc1cc(NC(=S)N2CCN(c3nsc4ccccc34)CC2)cc(OC)c1. The van der Waals surface area contributed by atoms with Gasteiger partial charge in [-0.05, 0) is 35.9 Å². The Morgan fingerprint density at radius 2 is 1.71 bits per heavy atom. The molecule has 2 heterocycles. The van der Waals surface area contributed by atoms with Gasteiger partial charge in [-0.15, -0.1) is 0 Å². The number of ether oxygens (including phenoxy) is 2. The first-order valence-electron chi connectivity index (χ1n) is 9.06. The molecular formula is C20H22N4O2S2. The Bertz CT molecular complexity index is 961. The number of benzene rings is 2. The number of thiocarbonyl (C=S) groups is 1. The number of rotatable bonds is 4. The second-order valence-electron chi connectivity index (χ2n) is 6.51. The van der Waals surface area contributed by atoms with E-state index < -0.39 is 0 Å².